The lowest BCUT2D eigenvalue weighted by atomic mass is 10.2. The molecule has 1 N–H and O–H groups in total. The van der Waals surface area contributed by atoms with E-state index in [2.05, 4.69) is 20.4 Å². The molecule has 0 aliphatic carbocycles. The van der Waals surface area contributed by atoms with Crippen LogP contribution in [0.2, 0.25) is 0 Å². The van der Waals surface area contributed by atoms with Gasteiger partial charge in [0.2, 0.25) is 0 Å². The van der Waals surface area contributed by atoms with Gasteiger partial charge in [-0.2, -0.15) is 22.7 Å². The molecule has 8 nitrogen and oxygen atoms in total. The molecule has 0 aromatic carbocycles. The third-order valence-electron chi connectivity index (χ3n) is 3.64. The van der Waals surface area contributed by atoms with Crippen molar-refractivity contribution in [3.63, 3.8) is 0 Å². The van der Waals surface area contributed by atoms with Crippen LogP contribution in [-0.2, 0) is 10.9 Å². The minimum absolute atomic E-state index is 0.126. The Hall–Kier alpha value is -2.59. The van der Waals surface area contributed by atoms with Crippen molar-refractivity contribution in [2.75, 3.05) is 25.0 Å². The SMILES string of the molecule is CCN(CCCNc1cc(C)nc2nc(C(F)(F)F)nn12)C(=O)OC(C)(C)C. The van der Waals surface area contributed by atoms with Crippen LogP contribution in [0.4, 0.5) is 23.8 Å². The van der Waals surface area contributed by atoms with Crippen LogP contribution in [0.1, 0.15) is 45.6 Å². The highest BCUT2D eigenvalue weighted by atomic mass is 19.4. The Morgan fingerprint density at radius 3 is 2.54 bits per heavy atom. The molecule has 0 atom stereocenters. The van der Waals surface area contributed by atoms with E-state index in [1.54, 1.807) is 38.7 Å². The van der Waals surface area contributed by atoms with Crippen LogP contribution >= 0.6 is 0 Å². The van der Waals surface area contributed by atoms with Crippen molar-refractivity contribution < 1.29 is 22.7 Å². The molecule has 0 radical (unpaired) electrons. The molecule has 0 aliphatic heterocycles. The smallest absolute Gasteiger partial charge is 0.444 e. The summed E-state index contributed by atoms with van der Waals surface area (Å²) in [6, 6.07) is 1.59. The summed E-state index contributed by atoms with van der Waals surface area (Å²) in [5.41, 5.74) is -0.0632. The van der Waals surface area contributed by atoms with Gasteiger partial charge in [0.15, 0.2) is 0 Å². The number of ether oxygens (including phenoxy) is 1. The second kappa shape index (κ2) is 8.19. The maximum Gasteiger partial charge on any atom is 0.453 e. The maximum atomic E-state index is 12.9. The number of alkyl halides is 3. The number of nitrogens with one attached hydrogen (secondary N) is 1. The van der Waals surface area contributed by atoms with Crippen LogP contribution in [0.25, 0.3) is 5.78 Å². The summed E-state index contributed by atoms with van der Waals surface area (Å²) >= 11 is 0. The van der Waals surface area contributed by atoms with E-state index in [0.29, 0.717) is 37.6 Å². The lowest BCUT2D eigenvalue weighted by Crippen LogP contribution is -2.37. The molecule has 0 saturated carbocycles. The number of hydrogen-bond donors (Lipinski definition) is 1. The van der Waals surface area contributed by atoms with E-state index in [-0.39, 0.29) is 5.78 Å². The van der Waals surface area contributed by atoms with E-state index in [0.717, 1.165) is 4.52 Å². The minimum Gasteiger partial charge on any atom is -0.444 e. The van der Waals surface area contributed by atoms with E-state index in [1.165, 1.54) is 0 Å². The summed E-state index contributed by atoms with van der Waals surface area (Å²) in [4.78, 5) is 21.1. The van der Waals surface area contributed by atoms with Gasteiger partial charge in [-0.25, -0.2) is 9.78 Å². The lowest BCUT2D eigenvalue weighted by molar-refractivity contribution is -0.144. The van der Waals surface area contributed by atoms with Gasteiger partial charge in [-0.1, -0.05) is 0 Å². The zero-order valence-electron chi connectivity index (χ0n) is 16.6. The van der Waals surface area contributed by atoms with Crippen molar-refractivity contribution >= 4 is 17.7 Å². The Labute approximate surface area is 161 Å². The molecule has 0 bridgehead atoms. The fourth-order valence-electron chi connectivity index (χ4n) is 2.42. The molecule has 2 rings (SSSR count). The van der Waals surface area contributed by atoms with Crippen LogP contribution in [0, 0.1) is 6.92 Å². The second-order valence-electron chi connectivity index (χ2n) is 7.27. The van der Waals surface area contributed by atoms with Gasteiger partial charge in [0.1, 0.15) is 11.4 Å². The number of rotatable bonds is 6. The molecule has 2 aromatic rings. The summed E-state index contributed by atoms with van der Waals surface area (Å²) in [6.45, 7) is 10.2. The summed E-state index contributed by atoms with van der Waals surface area (Å²) in [5.74, 6) is -1.01. The van der Waals surface area contributed by atoms with E-state index < -0.39 is 23.7 Å². The Morgan fingerprint density at radius 2 is 1.96 bits per heavy atom. The Kier molecular flexibility index (Phi) is 6.35. The second-order valence-corrected chi connectivity index (χ2v) is 7.27. The van der Waals surface area contributed by atoms with Gasteiger partial charge in [-0.3, -0.25) is 0 Å². The van der Waals surface area contributed by atoms with Crippen LogP contribution in [-0.4, -0.2) is 55.8 Å². The minimum atomic E-state index is -4.64. The van der Waals surface area contributed by atoms with E-state index in [4.69, 9.17) is 4.74 Å². The largest absolute Gasteiger partial charge is 0.453 e. The fourth-order valence-corrected chi connectivity index (χ4v) is 2.42. The zero-order chi connectivity index (χ0) is 21.1. The first kappa shape index (κ1) is 21.7. The highest BCUT2D eigenvalue weighted by Gasteiger charge is 2.36. The topological polar surface area (TPSA) is 84.6 Å². The van der Waals surface area contributed by atoms with Gasteiger partial charge in [-0.05, 0) is 41.0 Å². The van der Waals surface area contributed by atoms with Gasteiger partial charge in [-0.15, -0.1) is 5.10 Å². The van der Waals surface area contributed by atoms with Gasteiger partial charge in [0, 0.05) is 31.4 Å². The number of anilines is 1. The molecular formula is C17H25F3N6O2. The zero-order valence-corrected chi connectivity index (χ0v) is 16.6. The fraction of sp³-hybridized carbons (Fsp3) is 0.647. The van der Waals surface area contributed by atoms with Crippen molar-refractivity contribution in [1.29, 1.82) is 0 Å². The van der Waals surface area contributed by atoms with Crippen molar-refractivity contribution in [1.82, 2.24) is 24.5 Å². The first-order valence-electron chi connectivity index (χ1n) is 8.94. The first-order chi connectivity index (χ1) is 12.9. The van der Waals surface area contributed by atoms with Crippen LogP contribution in [0.5, 0.6) is 0 Å². The van der Waals surface area contributed by atoms with Crippen molar-refractivity contribution in [3.8, 4) is 0 Å². The average molecular weight is 402 g/mol. The predicted molar refractivity (Wildman–Crippen MR) is 97.1 cm³/mol. The number of aromatic nitrogens is 4. The molecule has 2 aromatic heterocycles. The highest BCUT2D eigenvalue weighted by Crippen LogP contribution is 2.27. The third-order valence-corrected chi connectivity index (χ3v) is 3.64. The molecule has 28 heavy (non-hydrogen) atoms. The summed E-state index contributed by atoms with van der Waals surface area (Å²) in [6.07, 6.45) is -4.48. The normalized spacial score (nSPS) is 12.3. The molecule has 11 heteroatoms. The highest BCUT2D eigenvalue weighted by molar-refractivity contribution is 5.68. The lowest BCUT2D eigenvalue weighted by Gasteiger charge is -2.26. The van der Waals surface area contributed by atoms with Crippen LogP contribution < -0.4 is 5.32 Å². The molecule has 2 heterocycles. The van der Waals surface area contributed by atoms with Gasteiger partial charge < -0.3 is 15.0 Å². The van der Waals surface area contributed by atoms with Crippen molar-refractivity contribution in [3.05, 3.63) is 17.6 Å². The van der Waals surface area contributed by atoms with Crippen LogP contribution in [0.15, 0.2) is 6.07 Å². The molecule has 0 unspecified atom stereocenters. The molecule has 0 saturated heterocycles. The average Bonchev–Trinajstić information content (AvgIpc) is 2.97. The number of nitrogens with zero attached hydrogens (tertiary/aromatic N) is 5. The molecule has 0 fully saturated rings. The number of hydrogen-bond acceptors (Lipinski definition) is 6. The first-order valence-corrected chi connectivity index (χ1v) is 8.94. The van der Waals surface area contributed by atoms with E-state index >= 15 is 0 Å². The van der Waals surface area contributed by atoms with E-state index in [9.17, 15) is 18.0 Å². The standard InChI is InChI=1S/C17H25F3N6O2/c1-6-25(15(27)28-16(3,4)5)9-7-8-21-12-10-11(2)22-14-23-13(17(18,19)20)24-26(12)14/h10,21H,6-9H2,1-5H3. The van der Waals surface area contributed by atoms with Gasteiger partial charge >= 0.3 is 12.3 Å². The Bertz CT molecular complexity index is 829. The number of amides is 1. The number of carbonyl (C=O) groups excluding carboxylic acids is 1. The molecule has 1 amide bonds. The number of fused-ring (bicyclic) bond motifs is 1. The van der Waals surface area contributed by atoms with Crippen molar-refractivity contribution in [2.24, 2.45) is 0 Å². The summed E-state index contributed by atoms with van der Waals surface area (Å²) in [7, 11) is 0. The van der Waals surface area contributed by atoms with Gasteiger partial charge in [0.05, 0.1) is 0 Å². The number of halogens is 3. The predicted octanol–water partition coefficient (Wildman–Crippen LogP) is 3.51. The molecule has 156 valence electrons. The Morgan fingerprint density at radius 1 is 1.29 bits per heavy atom. The third kappa shape index (κ3) is 5.70. The van der Waals surface area contributed by atoms with Crippen molar-refractivity contribution in [2.45, 2.75) is 52.8 Å². The van der Waals surface area contributed by atoms with E-state index in [1.807, 2.05) is 6.92 Å². The Balaban J connectivity index is 2.01. The number of aryl methyl sites for hydroxylation is 1. The quantitative estimate of drug-likeness (QED) is 0.745. The monoisotopic (exact) mass is 402 g/mol. The number of carbonyl (C=O) groups is 1. The molecule has 0 aliphatic rings. The maximum absolute atomic E-state index is 12.9. The summed E-state index contributed by atoms with van der Waals surface area (Å²) in [5, 5.41) is 6.53. The van der Waals surface area contributed by atoms with Crippen LogP contribution in [0.3, 0.4) is 0 Å². The molecule has 0 spiro atoms. The summed E-state index contributed by atoms with van der Waals surface area (Å²) < 4.78 is 44.9. The molecular weight excluding hydrogens is 377 g/mol. The van der Waals surface area contributed by atoms with Gasteiger partial charge in [0.25, 0.3) is 11.6 Å².